The molecule has 2 heteroatoms. The van der Waals surface area contributed by atoms with Crippen molar-refractivity contribution in [2.75, 3.05) is 6.54 Å². The Morgan fingerprint density at radius 3 is 2.92 bits per heavy atom. The van der Waals surface area contributed by atoms with Gasteiger partial charge < -0.3 is 5.32 Å². The summed E-state index contributed by atoms with van der Waals surface area (Å²) in [4.78, 5) is 11.3. The Morgan fingerprint density at radius 2 is 2.17 bits per heavy atom. The number of nitrogens with one attached hydrogen (secondary N) is 1. The number of rotatable bonds is 1. The van der Waals surface area contributed by atoms with Crippen LogP contribution in [0.3, 0.4) is 0 Å². The first kappa shape index (κ1) is 6.93. The van der Waals surface area contributed by atoms with E-state index >= 15 is 0 Å². The van der Waals surface area contributed by atoms with Gasteiger partial charge in [-0.05, 0) is 43.4 Å². The van der Waals surface area contributed by atoms with Crippen LogP contribution < -0.4 is 5.32 Å². The second-order valence-corrected chi connectivity index (χ2v) is 4.79. The highest BCUT2D eigenvalue weighted by molar-refractivity contribution is 5.80. The van der Waals surface area contributed by atoms with Gasteiger partial charge in [0.1, 0.15) is 0 Å². The maximum Gasteiger partial charge on any atom is 0.223 e. The van der Waals surface area contributed by atoms with Crippen LogP contribution in [0.15, 0.2) is 0 Å². The zero-order chi connectivity index (χ0) is 8.18. The van der Waals surface area contributed by atoms with Gasteiger partial charge in [0.2, 0.25) is 5.91 Å². The van der Waals surface area contributed by atoms with Crippen molar-refractivity contribution in [1.29, 1.82) is 0 Å². The van der Waals surface area contributed by atoms with E-state index in [1.807, 2.05) is 0 Å². The molecule has 2 nitrogen and oxygen atoms in total. The molecule has 1 saturated heterocycles. The number of hydrogen-bond donors (Lipinski definition) is 1. The summed E-state index contributed by atoms with van der Waals surface area (Å²) in [6.45, 7) is 0.979. The molecule has 1 aliphatic heterocycles. The Bertz CT molecular complexity index is 234. The van der Waals surface area contributed by atoms with Crippen molar-refractivity contribution in [3.8, 4) is 0 Å². The van der Waals surface area contributed by atoms with Crippen LogP contribution in [0.2, 0.25) is 0 Å². The molecule has 1 amide bonds. The van der Waals surface area contributed by atoms with Gasteiger partial charge in [-0.1, -0.05) is 0 Å². The standard InChI is InChI=1S/C10H15NO/c12-9-7-3-4-10(5-7,6-11-9)8-1-2-8/h7-8H,1-6H2,(H,11,12). The maximum atomic E-state index is 11.3. The van der Waals surface area contributed by atoms with E-state index in [9.17, 15) is 4.79 Å². The molecule has 0 aromatic heterocycles. The first-order valence-corrected chi connectivity index (χ1v) is 5.08. The first-order chi connectivity index (χ1) is 5.80. The van der Waals surface area contributed by atoms with Crippen LogP contribution >= 0.6 is 0 Å². The molecule has 66 valence electrons. The summed E-state index contributed by atoms with van der Waals surface area (Å²) in [5.41, 5.74) is 0.554. The molecule has 12 heavy (non-hydrogen) atoms. The second-order valence-electron chi connectivity index (χ2n) is 4.79. The zero-order valence-corrected chi connectivity index (χ0v) is 7.31. The van der Waals surface area contributed by atoms with E-state index in [0.29, 0.717) is 17.2 Å². The van der Waals surface area contributed by atoms with Gasteiger partial charge in [0.15, 0.2) is 0 Å². The number of piperidine rings is 1. The van der Waals surface area contributed by atoms with Gasteiger partial charge in [-0.15, -0.1) is 0 Å². The third-order valence-electron chi connectivity index (χ3n) is 4.07. The average molecular weight is 165 g/mol. The van der Waals surface area contributed by atoms with Gasteiger partial charge in [-0.25, -0.2) is 0 Å². The van der Waals surface area contributed by atoms with Gasteiger partial charge in [0.05, 0.1) is 0 Å². The van der Waals surface area contributed by atoms with E-state index in [4.69, 9.17) is 0 Å². The highest BCUT2D eigenvalue weighted by Crippen LogP contribution is 2.57. The van der Waals surface area contributed by atoms with Crippen molar-refractivity contribution in [3.63, 3.8) is 0 Å². The molecule has 2 aliphatic carbocycles. The smallest absolute Gasteiger partial charge is 0.223 e. The van der Waals surface area contributed by atoms with Crippen molar-refractivity contribution in [2.24, 2.45) is 17.3 Å². The molecule has 1 heterocycles. The number of carbonyl (C=O) groups excluding carboxylic acids is 1. The molecule has 2 bridgehead atoms. The highest BCUT2D eigenvalue weighted by Gasteiger charge is 2.53. The van der Waals surface area contributed by atoms with E-state index in [2.05, 4.69) is 5.32 Å². The molecule has 0 aromatic rings. The van der Waals surface area contributed by atoms with Crippen LogP contribution in [0.1, 0.15) is 32.1 Å². The summed E-state index contributed by atoms with van der Waals surface area (Å²) in [6, 6.07) is 0. The van der Waals surface area contributed by atoms with Gasteiger partial charge in [0.25, 0.3) is 0 Å². The summed E-state index contributed by atoms with van der Waals surface area (Å²) in [6.07, 6.45) is 6.50. The van der Waals surface area contributed by atoms with Gasteiger partial charge in [-0.3, -0.25) is 4.79 Å². The SMILES string of the molecule is O=C1NCC2(C3CC3)CCC1C2. The van der Waals surface area contributed by atoms with Crippen molar-refractivity contribution in [3.05, 3.63) is 0 Å². The van der Waals surface area contributed by atoms with Crippen molar-refractivity contribution < 1.29 is 4.79 Å². The third kappa shape index (κ3) is 0.782. The molecular weight excluding hydrogens is 150 g/mol. The summed E-state index contributed by atoms with van der Waals surface area (Å²) in [5.74, 6) is 1.66. The normalized spacial score (nSPS) is 46.0. The molecule has 0 spiro atoms. The lowest BCUT2D eigenvalue weighted by molar-refractivity contribution is -0.127. The second kappa shape index (κ2) is 2.04. The van der Waals surface area contributed by atoms with Gasteiger partial charge in [0, 0.05) is 12.5 Å². The first-order valence-electron chi connectivity index (χ1n) is 5.08. The highest BCUT2D eigenvalue weighted by atomic mass is 16.2. The maximum absolute atomic E-state index is 11.3. The molecule has 0 radical (unpaired) electrons. The minimum atomic E-state index is 0.323. The lowest BCUT2D eigenvalue weighted by atomic mass is 9.78. The summed E-state index contributed by atoms with van der Waals surface area (Å²) in [5, 5.41) is 3.07. The van der Waals surface area contributed by atoms with Crippen LogP contribution in [0.5, 0.6) is 0 Å². The Hall–Kier alpha value is -0.530. The molecule has 3 aliphatic rings. The zero-order valence-electron chi connectivity index (χ0n) is 7.31. The lowest BCUT2D eigenvalue weighted by Crippen LogP contribution is -2.44. The summed E-state index contributed by atoms with van der Waals surface area (Å²) in [7, 11) is 0. The fraction of sp³-hybridized carbons (Fsp3) is 0.900. The Kier molecular flexibility index (Phi) is 1.18. The third-order valence-corrected chi connectivity index (χ3v) is 4.07. The number of amides is 1. The minimum Gasteiger partial charge on any atom is -0.355 e. The van der Waals surface area contributed by atoms with Gasteiger partial charge in [-0.2, -0.15) is 0 Å². The lowest BCUT2D eigenvalue weighted by Gasteiger charge is -2.33. The van der Waals surface area contributed by atoms with Crippen LogP contribution in [0.25, 0.3) is 0 Å². The molecule has 0 aromatic carbocycles. The summed E-state index contributed by atoms with van der Waals surface area (Å²) >= 11 is 0. The molecule has 2 saturated carbocycles. The van der Waals surface area contributed by atoms with E-state index in [1.54, 1.807) is 0 Å². The topological polar surface area (TPSA) is 29.1 Å². The monoisotopic (exact) mass is 165 g/mol. The van der Waals surface area contributed by atoms with Crippen molar-refractivity contribution in [1.82, 2.24) is 5.32 Å². The number of fused-ring (bicyclic) bond motifs is 2. The predicted octanol–water partition coefficient (Wildman–Crippen LogP) is 1.31. The quantitative estimate of drug-likeness (QED) is 0.623. The minimum absolute atomic E-state index is 0.323. The van der Waals surface area contributed by atoms with Crippen LogP contribution in [0, 0.1) is 17.3 Å². The molecule has 2 unspecified atom stereocenters. The summed E-state index contributed by atoms with van der Waals surface area (Å²) < 4.78 is 0. The van der Waals surface area contributed by atoms with E-state index in [-0.39, 0.29) is 0 Å². The van der Waals surface area contributed by atoms with E-state index in [1.165, 1.54) is 25.7 Å². The van der Waals surface area contributed by atoms with E-state index in [0.717, 1.165) is 18.9 Å². The largest absolute Gasteiger partial charge is 0.355 e. The van der Waals surface area contributed by atoms with Crippen LogP contribution in [-0.2, 0) is 4.79 Å². The molecule has 2 atom stereocenters. The molecular formula is C10H15NO. The fourth-order valence-electron chi connectivity index (χ4n) is 3.16. The van der Waals surface area contributed by atoms with Crippen molar-refractivity contribution in [2.45, 2.75) is 32.1 Å². The molecule has 3 rings (SSSR count). The van der Waals surface area contributed by atoms with Crippen molar-refractivity contribution >= 4 is 5.91 Å². The van der Waals surface area contributed by atoms with Gasteiger partial charge >= 0.3 is 0 Å². The number of hydrogen-bond acceptors (Lipinski definition) is 1. The molecule has 3 fully saturated rings. The molecule has 1 N–H and O–H groups in total. The fourth-order valence-corrected chi connectivity index (χ4v) is 3.16. The predicted molar refractivity (Wildman–Crippen MR) is 45.5 cm³/mol. The Morgan fingerprint density at radius 1 is 1.33 bits per heavy atom. The van der Waals surface area contributed by atoms with Crippen LogP contribution in [-0.4, -0.2) is 12.5 Å². The van der Waals surface area contributed by atoms with Crippen LogP contribution in [0.4, 0.5) is 0 Å². The average Bonchev–Trinajstić information content (AvgIpc) is 2.85. The Balaban J connectivity index is 1.86. The Labute approximate surface area is 72.7 Å². The number of carbonyl (C=O) groups is 1. The van der Waals surface area contributed by atoms with E-state index < -0.39 is 0 Å².